The summed E-state index contributed by atoms with van der Waals surface area (Å²) >= 11 is 0. The molecule has 0 atom stereocenters. The Morgan fingerprint density at radius 3 is 1.19 bits per heavy atom. The molecule has 1 aromatic heterocycles. The fraction of sp³-hybridized carbons (Fsp3) is 0.0308. The topological polar surface area (TPSA) is 38.7 Å². The molecule has 0 radical (unpaired) electrons. The molecule has 9 aromatic carbocycles. The van der Waals surface area contributed by atoms with Crippen LogP contribution in [0.3, 0.4) is 0 Å². The second kappa shape index (κ2) is 16.3. The summed E-state index contributed by atoms with van der Waals surface area (Å²) in [5.41, 5.74) is 21.4. The predicted octanol–water partition coefficient (Wildman–Crippen LogP) is 16.1. The fourth-order valence-electron chi connectivity index (χ4n) is 10.9. The average molecular weight is 866 g/mol. The van der Waals surface area contributed by atoms with Gasteiger partial charge in [0.15, 0.2) is 17.5 Å². The molecule has 0 fully saturated rings. The number of hydrogen-bond acceptors (Lipinski definition) is 3. The lowest BCUT2D eigenvalue weighted by Crippen LogP contribution is -2.25. The minimum atomic E-state index is -0.504. The molecule has 318 valence electrons. The smallest absolute Gasteiger partial charge is 0.164 e. The highest BCUT2D eigenvalue weighted by molar-refractivity contribution is 5.96. The van der Waals surface area contributed by atoms with Gasteiger partial charge in [0.2, 0.25) is 0 Å². The van der Waals surface area contributed by atoms with Crippen LogP contribution in [-0.4, -0.2) is 15.0 Å². The van der Waals surface area contributed by atoms with E-state index in [9.17, 15) is 0 Å². The van der Waals surface area contributed by atoms with Gasteiger partial charge in [-0.3, -0.25) is 0 Å². The molecule has 3 heteroatoms. The Labute approximate surface area is 396 Å². The van der Waals surface area contributed by atoms with Crippen LogP contribution in [0.2, 0.25) is 0 Å². The molecule has 10 aromatic rings. The van der Waals surface area contributed by atoms with Gasteiger partial charge in [0.25, 0.3) is 0 Å². The normalized spacial score (nSPS) is 13.6. The highest BCUT2D eigenvalue weighted by Crippen LogP contribution is 2.63. The number of allylic oxidation sites excluding steroid dienone is 6. The fourth-order valence-corrected chi connectivity index (χ4v) is 10.9. The van der Waals surface area contributed by atoms with Crippen LogP contribution in [-0.2, 0) is 5.41 Å². The summed E-state index contributed by atoms with van der Waals surface area (Å²) in [7, 11) is 0. The van der Waals surface area contributed by atoms with Gasteiger partial charge < -0.3 is 0 Å². The van der Waals surface area contributed by atoms with Crippen molar-refractivity contribution in [2.75, 3.05) is 0 Å². The van der Waals surface area contributed by atoms with Crippen molar-refractivity contribution in [2.24, 2.45) is 0 Å². The number of hydrogen-bond donors (Lipinski definition) is 0. The maximum atomic E-state index is 5.51. The van der Waals surface area contributed by atoms with Crippen molar-refractivity contribution in [3.8, 4) is 89.8 Å². The monoisotopic (exact) mass is 865 g/mol. The molecule has 68 heavy (non-hydrogen) atoms. The molecule has 0 N–H and O–H groups in total. The number of rotatable bonds is 7. The quantitative estimate of drug-likeness (QED) is 0.160. The number of nitrogens with zero attached hydrogens (tertiary/aromatic N) is 3. The first-order valence-electron chi connectivity index (χ1n) is 23.4. The zero-order valence-electron chi connectivity index (χ0n) is 37.2. The summed E-state index contributed by atoms with van der Waals surface area (Å²) in [5, 5.41) is 0. The molecule has 1 spiro atoms. The highest BCUT2D eigenvalue weighted by atomic mass is 15.0. The molecule has 0 amide bonds. The van der Waals surface area contributed by atoms with Crippen molar-refractivity contribution in [3.63, 3.8) is 0 Å². The summed E-state index contributed by atoms with van der Waals surface area (Å²) in [4.78, 5) is 16.5. The lowest BCUT2D eigenvalue weighted by atomic mass is 9.70. The van der Waals surface area contributed by atoms with Crippen LogP contribution >= 0.6 is 0 Å². The number of fused-ring (bicyclic) bond motifs is 10. The number of aromatic nitrogens is 3. The number of benzene rings is 9. The minimum absolute atomic E-state index is 0.504. The van der Waals surface area contributed by atoms with Gasteiger partial charge in [-0.1, -0.05) is 206 Å². The standard InChI is InChI=1S/C65H43N3/c1-2-7-21-43(20-6-1)48-36-49(44-22-8-3-9-23-44)39-52(38-48)63-66-62(67-64(68-63)53-40-50(45-24-10-4-11-25-45)37-51(41-53)46-26-12-5-13-27-46)47-34-35-57-56-30-16-19-33-60(56)65(61(57)42-47)58-31-17-14-28-54(58)55-29-15-18-32-59(55)65/h1-6,8-42H,7H2. The van der Waals surface area contributed by atoms with Gasteiger partial charge in [0.1, 0.15) is 0 Å². The second-order valence-electron chi connectivity index (χ2n) is 17.8. The van der Waals surface area contributed by atoms with Crippen LogP contribution in [0.5, 0.6) is 0 Å². The van der Waals surface area contributed by atoms with Crippen LogP contribution in [0.1, 0.15) is 34.2 Å². The largest absolute Gasteiger partial charge is 0.208 e. The Bertz CT molecular complexity index is 3570. The third kappa shape index (κ3) is 6.54. The van der Waals surface area contributed by atoms with Crippen LogP contribution in [0.25, 0.3) is 95.4 Å². The highest BCUT2D eigenvalue weighted by Gasteiger charge is 2.51. The molecule has 3 aliphatic rings. The van der Waals surface area contributed by atoms with Crippen molar-refractivity contribution in [1.82, 2.24) is 15.0 Å². The van der Waals surface area contributed by atoms with E-state index in [1.165, 1.54) is 44.5 Å². The van der Waals surface area contributed by atoms with Crippen LogP contribution < -0.4 is 0 Å². The van der Waals surface area contributed by atoms with E-state index in [2.05, 4.69) is 249 Å². The summed E-state index contributed by atoms with van der Waals surface area (Å²) in [6, 6.07) is 79.0. The van der Waals surface area contributed by atoms with Crippen LogP contribution in [0.15, 0.2) is 249 Å². The molecule has 3 nitrogen and oxygen atoms in total. The van der Waals surface area contributed by atoms with E-state index in [0.717, 1.165) is 67.6 Å². The first-order chi connectivity index (χ1) is 33.7. The molecular weight excluding hydrogens is 823 g/mol. The molecule has 3 aliphatic carbocycles. The molecule has 0 bridgehead atoms. The SMILES string of the molecule is C1=CCC=C(c2cc(-c3ccccc3)cc(-c3nc(-c4cc(-c5ccccc5)cc(-c5ccccc5)c4)nc(-c4ccc5c(c4)C4(c6ccccc6-c6ccccc64)c4ccccc4-5)n3)c2)C=C1. The Morgan fingerprint density at radius 1 is 0.294 bits per heavy atom. The van der Waals surface area contributed by atoms with Gasteiger partial charge in [-0.05, 0) is 138 Å². The van der Waals surface area contributed by atoms with E-state index in [0.29, 0.717) is 17.5 Å². The zero-order chi connectivity index (χ0) is 45.0. The molecule has 0 unspecified atom stereocenters. The summed E-state index contributed by atoms with van der Waals surface area (Å²) in [6.07, 6.45) is 11.8. The minimum Gasteiger partial charge on any atom is -0.208 e. The van der Waals surface area contributed by atoms with Gasteiger partial charge in [-0.25, -0.2) is 15.0 Å². The van der Waals surface area contributed by atoms with E-state index in [-0.39, 0.29) is 0 Å². The van der Waals surface area contributed by atoms with Crippen LogP contribution in [0, 0.1) is 0 Å². The van der Waals surface area contributed by atoms with Crippen molar-refractivity contribution in [1.29, 1.82) is 0 Å². The summed E-state index contributed by atoms with van der Waals surface area (Å²) < 4.78 is 0. The maximum Gasteiger partial charge on any atom is 0.164 e. The van der Waals surface area contributed by atoms with Gasteiger partial charge in [0, 0.05) is 16.7 Å². The Morgan fingerprint density at radius 2 is 0.691 bits per heavy atom. The third-order valence-electron chi connectivity index (χ3n) is 13.9. The molecule has 0 aliphatic heterocycles. The molecule has 1 heterocycles. The van der Waals surface area contributed by atoms with Crippen molar-refractivity contribution >= 4 is 5.57 Å². The first-order valence-corrected chi connectivity index (χ1v) is 23.4. The van der Waals surface area contributed by atoms with E-state index in [1.54, 1.807) is 0 Å². The van der Waals surface area contributed by atoms with Gasteiger partial charge in [-0.15, -0.1) is 0 Å². The predicted molar refractivity (Wildman–Crippen MR) is 280 cm³/mol. The summed E-state index contributed by atoms with van der Waals surface area (Å²) in [5.74, 6) is 1.84. The lowest BCUT2D eigenvalue weighted by Gasteiger charge is -2.30. The van der Waals surface area contributed by atoms with E-state index < -0.39 is 5.41 Å². The third-order valence-corrected chi connectivity index (χ3v) is 13.9. The first kappa shape index (κ1) is 39.6. The van der Waals surface area contributed by atoms with Gasteiger partial charge in [0.05, 0.1) is 5.41 Å². The van der Waals surface area contributed by atoms with E-state index in [1.807, 2.05) is 0 Å². The van der Waals surface area contributed by atoms with E-state index >= 15 is 0 Å². The summed E-state index contributed by atoms with van der Waals surface area (Å²) in [6.45, 7) is 0. The molecular formula is C65H43N3. The lowest BCUT2D eigenvalue weighted by molar-refractivity contribution is 0.794. The average Bonchev–Trinajstić information content (AvgIpc) is 3.70. The Balaban J connectivity index is 1.07. The van der Waals surface area contributed by atoms with Gasteiger partial charge in [-0.2, -0.15) is 0 Å². The van der Waals surface area contributed by atoms with Crippen molar-refractivity contribution < 1.29 is 0 Å². The Kier molecular flexibility index (Phi) is 9.47. The zero-order valence-corrected chi connectivity index (χ0v) is 37.2. The van der Waals surface area contributed by atoms with Gasteiger partial charge >= 0.3 is 0 Å². The molecule has 0 saturated heterocycles. The maximum absolute atomic E-state index is 5.51. The molecule has 13 rings (SSSR count). The molecule has 0 saturated carbocycles. The van der Waals surface area contributed by atoms with Crippen LogP contribution in [0.4, 0.5) is 0 Å². The van der Waals surface area contributed by atoms with Crippen molar-refractivity contribution in [2.45, 2.75) is 11.8 Å². The van der Waals surface area contributed by atoms with E-state index in [4.69, 9.17) is 15.0 Å². The van der Waals surface area contributed by atoms with Crippen molar-refractivity contribution in [3.05, 3.63) is 277 Å². The second-order valence-corrected chi connectivity index (χ2v) is 17.8. The Hall–Kier alpha value is -8.79.